The molecule has 108 valence electrons. The topological polar surface area (TPSA) is 72.9 Å². The molecule has 0 aliphatic rings. The number of nitrogens with one attached hydrogen (secondary N) is 1. The van der Waals surface area contributed by atoms with E-state index in [4.69, 9.17) is 5.73 Å². The molecule has 1 unspecified atom stereocenters. The summed E-state index contributed by atoms with van der Waals surface area (Å²) in [6, 6.07) is 4.53. The van der Waals surface area contributed by atoms with Gasteiger partial charge in [0, 0.05) is 38.5 Å². The number of rotatable bonds is 5. The number of benzene rings is 1. The molecule has 1 aromatic carbocycles. The number of imidazole rings is 1. The minimum absolute atomic E-state index is 0.0580. The molecule has 0 aliphatic heterocycles. The number of aryl methyl sites for hydroxylation is 1. The highest BCUT2D eigenvalue weighted by atomic mass is 19.1. The van der Waals surface area contributed by atoms with Crippen molar-refractivity contribution in [1.29, 1.82) is 0 Å². The zero-order valence-corrected chi connectivity index (χ0v) is 11.7. The molecule has 6 heteroatoms. The number of carbonyl (C=O) groups excluding carboxylic acids is 1. The highest BCUT2D eigenvalue weighted by molar-refractivity contribution is 5.78. The Morgan fingerprint density at radius 2 is 2.30 bits per heavy atom. The lowest BCUT2D eigenvalue weighted by molar-refractivity contribution is -0.124. The van der Waals surface area contributed by atoms with Crippen LogP contribution in [0, 0.1) is 11.7 Å². The summed E-state index contributed by atoms with van der Waals surface area (Å²) < 4.78 is 15.1. The molecule has 0 radical (unpaired) electrons. The standard InChI is InChI=1S/C14H19FN4O/c1-9(8-16)14(20)17-6-5-13-18-11-7-10(15)3-4-12(11)19(13)2/h3-4,7,9H,5-6,8,16H2,1-2H3,(H,17,20). The Hall–Kier alpha value is -1.95. The summed E-state index contributed by atoms with van der Waals surface area (Å²) >= 11 is 0. The van der Waals surface area contributed by atoms with E-state index in [1.165, 1.54) is 12.1 Å². The van der Waals surface area contributed by atoms with Gasteiger partial charge in [-0.2, -0.15) is 0 Å². The molecule has 1 heterocycles. The van der Waals surface area contributed by atoms with Gasteiger partial charge >= 0.3 is 0 Å². The van der Waals surface area contributed by atoms with Crippen LogP contribution in [0.4, 0.5) is 4.39 Å². The molecular weight excluding hydrogens is 259 g/mol. The van der Waals surface area contributed by atoms with E-state index in [2.05, 4.69) is 10.3 Å². The Kier molecular flexibility index (Phi) is 4.34. The van der Waals surface area contributed by atoms with Gasteiger partial charge in [-0.1, -0.05) is 6.92 Å². The molecule has 0 bridgehead atoms. The van der Waals surface area contributed by atoms with Gasteiger partial charge in [-0.25, -0.2) is 9.37 Å². The summed E-state index contributed by atoms with van der Waals surface area (Å²) in [6.07, 6.45) is 0.593. The van der Waals surface area contributed by atoms with Crippen LogP contribution in [0.1, 0.15) is 12.7 Å². The van der Waals surface area contributed by atoms with Crippen LogP contribution in [-0.2, 0) is 18.3 Å². The molecule has 20 heavy (non-hydrogen) atoms. The number of carbonyl (C=O) groups is 1. The maximum absolute atomic E-state index is 13.1. The van der Waals surface area contributed by atoms with Gasteiger partial charge in [0.25, 0.3) is 0 Å². The molecule has 0 spiro atoms. The Bertz CT molecular complexity index is 623. The van der Waals surface area contributed by atoms with Crippen molar-refractivity contribution in [2.24, 2.45) is 18.7 Å². The van der Waals surface area contributed by atoms with Gasteiger partial charge in [-0.05, 0) is 12.1 Å². The quantitative estimate of drug-likeness (QED) is 0.856. The summed E-state index contributed by atoms with van der Waals surface area (Å²) in [7, 11) is 1.88. The van der Waals surface area contributed by atoms with Crippen LogP contribution in [-0.4, -0.2) is 28.5 Å². The summed E-state index contributed by atoms with van der Waals surface area (Å²) in [5.41, 5.74) is 6.94. The fraction of sp³-hybridized carbons (Fsp3) is 0.429. The third-order valence-electron chi connectivity index (χ3n) is 3.38. The lowest BCUT2D eigenvalue weighted by atomic mass is 10.2. The smallest absolute Gasteiger partial charge is 0.224 e. The fourth-order valence-corrected chi connectivity index (χ4v) is 2.03. The third-order valence-corrected chi connectivity index (χ3v) is 3.38. The monoisotopic (exact) mass is 278 g/mol. The molecule has 2 aromatic rings. The van der Waals surface area contributed by atoms with Gasteiger partial charge in [0.15, 0.2) is 0 Å². The van der Waals surface area contributed by atoms with E-state index in [0.29, 0.717) is 25.0 Å². The first kappa shape index (κ1) is 14.5. The van der Waals surface area contributed by atoms with E-state index in [0.717, 1.165) is 11.3 Å². The van der Waals surface area contributed by atoms with E-state index in [1.807, 2.05) is 11.6 Å². The molecule has 0 saturated carbocycles. The minimum Gasteiger partial charge on any atom is -0.355 e. The molecule has 2 rings (SSSR count). The highest BCUT2D eigenvalue weighted by Crippen LogP contribution is 2.16. The third kappa shape index (κ3) is 2.96. The van der Waals surface area contributed by atoms with Crippen LogP contribution in [0.3, 0.4) is 0 Å². The first-order chi connectivity index (χ1) is 9.52. The molecule has 0 fully saturated rings. The maximum Gasteiger partial charge on any atom is 0.224 e. The van der Waals surface area contributed by atoms with Crippen molar-refractivity contribution < 1.29 is 9.18 Å². The summed E-state index contributed by atoms with van der Waals surface area (Å²) in [5.74, 6) is 0.264. The minimum atomic E-state index is -0.299. The van der Waals surface area contributed by atoms with E-state index in [-0.39, 0.29) is 17.6 Å². The Labute approximate surface area is 117 Å². The number of nitrogens with zero attached hydrogens (tertiary/aromatic N) is 2. The van der Waals surface area contributed by atoms with Crippen molar-refractivity contribution in [2.45, 2.75) is 13.3 Å². The van der Waals surface area contributed by atoms with E-state index < -0.39 is 0 Å². The van der Waals surface area contributed by atoms with Crippen LogP contribution in [0.2, 0.25) is 0 Å². The van der Waals surface area contributed by atoms with Gasteiger partial charge in [0.1, 0.15) is 11.6 Å². The van der Waals surface area contributed by atoms with Crippen molar-refractivity contribution >= 4 is 16.9 Å². The predicted octanol–water partition coefficient (Wildman–Crippen LogP) is 0.966. The van der Waals surface area contributed by atoms with Crippen molar-refractivity contribution in [3.63, 3.8) is 0 Å². The number of nitrogens with two attached hydrogens (primary N) is 1. The number of hydrogen-bond acceptors (Lipinski definition) is 3. The first-order valence-corrected chi connectivity index (χ1v) is 6.61. The zero-order valence-electron chi connectivity index (χ0n) is 11.7. The normalized spacial score (nSPS) is 12.6. The van der Waals surface area contributed by atoms with Crippen molar-refractivity contribution in [2.75, 3.05) is 13.1 Å². The molecule has 5 nitrogen and oxygen atoms in total. The largest absolute Gasteiger partial charge is 0.355 e. The molecule has 3 N–H and O–H groups in total. The molecule has 0 aliphatic carbocycles. The Balaban J connectivity index is 2.03. The van der Waals surface area contributed by atoms with E-state index in [9.17, 15) is 9.18 Å². The second-order valence-corrected chi connectivity index (χ2v) is 4.90. The van der Waals surface area contributed by atoms with Crippen molar-refractivity contribution in [3.8, 4) is 0 Å². The fourth-order valence-electron chi connectivity index (χ4n) is 2.03. The first-order valence-electron chi connectivity index (χ1n) is 6.61. The van der Waals surface area contributed by atoms with Crippen LogP contribution >= 0.6 is 0 Å². The van der Waals surface area contributed by atoms with Crippen molar-refractivity contribution in [1.82, 2.24) is 14.9 Å². The second-order valence-electron chi connectivity index (χ2n) is 4.90. The molecule has 1 aromatic heterocycles. The number of fused-ring (bicyclic) bond motifs is 1. The number of aromatic nitrogens is 2. The van der Waals surface area contributed by atoms with Gasteiger partial charge in [-0.15, -0.1) is 0 Å². The highest BCUT2D eigenvalue weighted by Gasteiger charge is 2.11. The van der Waals surface area contributed by atoms with Gasteiger partial charge in [0.2, 0.25) is 5.91 Å². The Morgan fingerprint density at radius 1 is 1.55 bits per heavy atom. The summed E-state index contributed by atoms with van der Waals surface area (Å²) in [4.78, 5) is 16.0. The van der Waals surface area contributed by atoms with E-state index in [1.54, 1.807) is 13.0 Å². The molecule has 1 amide bonds. The van der Waals surface area contributed by atoms with Crippen LogP contribution in [0.15, 0.2) is 18.2 Å². The molecule has 0 saturated heterocycles. The van der Waals surface area contributed by atoms with Gasteiger partial charge in [0.05, 0.1) is 11.0 Å². The summed E-state index contributed by atoms with van der Waals surface area (Å²) in [5, 5.41) is 2.82. The van der Waals surface area contributed by atoms with E-state index >= 15 is 0 Å². The number of hydrogen-bond donors (Lipinski definition) is 2. The van der Waals surface area contributed by atoms with Crippen LogP contribution < -0.4 is 11.1 Å². The average molecular weight is 278 g/mol. The lowest BCUT2D eigenvalue weighted by Crippen LogP contribution is -2.34. The lowest BCUT2D eigenvalue weighted by Gasteiger charge is -2.09. The predicted molar refractivity (Wildman–Crippen MR) is 75.6 cm³/mol. The van der Waals surface area contributed by atoms with Crippen LogP contribution in [0.5, 0.6) is 0 Å². The maximum atomic E-state index is 13.1. The SMILES string of the molecule is CC(CN)C(=O)NCCc1nc2cc(F)ccc2n1C. The van der Waals surface area contributed by atoms with Crippen molar-refractivity contribution in [3.05, 3.63) is 29.8 Å². The van der Waals surface area contributed by atoms with Gasteiger partial charge in [-0.3, -0.25) is 4.79 Å². The zero-order chi connectivity index (χ0) is 14.7. The van der Waals surface area contributed by atoms with Gasteiger partial charge < -0.3 is 15.6 Å². The molecular formula is C14H19FN4O. The number of halogens is 1. The van der Waals surface area contributed by atoms with Crippen LogP contribution in [0.25, 0.3) is 11.0 Å². The molecule has 1 atom stereocenters. The second kappa shape index (κ2) is 6.00. The summed E-state index contributed by atoms with van der Waals surface area (Å²) in [6.45, 7) is 2.60. The average Bonchev–Trinajstić information content (AvgIpc) is 2.73. The number of amides is 1. The Morgan fingerprint density at radius 3 is 3.00 bits per heavy atom.